The standard InChI is InChI=1S/C12H21N5/c1-13-11-4-5-12(15-14-11)17-8-6-10(7-9-17)16(2)3/h4-5,10H,6-9H2,1-3H3,(H,13,14). The third kappa shape index (κ3) is 2.85. The lowest BCUT2D eigenvalue weighted by Gasteiger charge is -2.35. The van der Waals surface area contributed by atoms with E-state index in [2.05, 4.69) is 39.4 Å². The van der Waals surface area contributed by atoms with Crippen LogP contribution in [0.3, 0.4) is 0 Å². The summed E-state index contributed by atoms with van der Waals surface area (Å²) in [5, 5.41) is 11.3. The molecule has 1 fully saturated rings. The average molecular weight is 235 g/mol. The molecule has 0 bridgehead atoms. The third-order valence-electron chi connectivity index (χ3n) is 3.43. The second-order valence-electron chi connectivity index (χ2n) is 4.71. The van der Waals surface area contributed by atoms with Crippen molar-refractivity contribution in [2.45, 2.75) is 18.9 Å². The van der Waals surface area contributed by atoms with Gasteiger partial charge in [0.1, 0.15) is 5.82 Å². The van der Waals surface area contributed by atoms with Crippen molar-refractivity contribution in [2.75, 3.05) is 44.4 Å². The molecule has 0 aliphatic carbocycles. The summed E-state index contributed by atoms with van der Waals surface area (Å²) in [5.74, 6) is 1.80. The van der Waals surface area contributed by atoms with Gasteiger partial charge < -0.3 is 15.1 Å². The average Bonchev–Trinajstić information content (AvgIpc) is 2.39. The molecule has 0 spiro atoms. The van der Waals surface area contributed by atoms with Crippen molar-refractivity contribution in [3.05, 3.63) is 12.1 Å². The summed E-state index contributed by atoms with van der Waals surface area (Å²) in [4.78, 5) is 4.62. The van der Waals surface area contributed by atoms with Crippen LogP contribution >= 0.6 is 0 Å². The van der Waals surface area contributed by atoms with Crippen LogP contribution < -0.4 is 10.2 Å². The molecule has 5 heteroatoms. The Kier molecular flexibility index (Phi) is 3.78. The molecule has 0 saturated carbocycles. The molecular weight excluding hydrogens is 214 g/mol. The highest BCUT2D eigenvalue weighted by Crippen LogP contribution is 2.19. The zero-order chi connectivity index (χ0) is 12.3. The van der Waals surface area contributed by atoms with E-state index in [-0.39, 0.29) is 0 Å². The molecule has 2 rings (SSSR count). The molecule has 1 aliphatic rings. The summed E-state index contributed by atoms with van der Waals surface area (Å²) in [6, 6.07) is 4.71. The largest absolute Gasteiger partial charge is 0.372 e. The highest BCUT2D eigenvalue weighted by molar-refractivity contribution is 5.43. The van der Waals surface area contributed by atoms with E-state index in [0.29, 0.717) is 6.04 Å². The van der Waals surface area contributed by atoms with Crippen LogP contribution in [0.15, 0.2) is 12.1 Å². The number of hydrogen-bond acceptors (Lipinski definition) is 5. The maximum absolute atomic E-state index is 4.24. The minimum Gasteiger partial charge on any atom is -0.372 e. The number of nitrogens with one attached hydrogen (secondary N) is 1. The number of aromatic nitrogens is 2. The minimum absolute atomic E-state index is 0.704. The van der Waals surface area contributed by atoms with Crippen LogP contribution in [0.2, 0.25) is 0 Å². The van der Waals surface area contributed by atoms with Crippen LogP contribution in [0.4, 0.5) is 11.6 Å². The Labute approximate surface area is 103 Å². The van der Waals surface area contributed by atoms with Crippen molar-refractivity contribution < 1.29 is 0 Å². The number of anilines is 2. The summed E-state index contributed by atoms with van der Waals surface area (Å²) in [6.07, 6.45) is 2.39. The predicted molar refractivity (Wildman–Crippen MR) is 70.5 cm³/mol. The van der Waals surface area contributed by atoms with Gasteiger partial charge in [-0.1, -0.05) is 0 Å². The molecule has 5 nitrogen and oxygen atoms in total. The maximum Gasteiger partial charge on any atom is 0.151 e. The van der Waals surface area contributed by atoms with Crippen molar-refractivity contribution in [2.24, 2.45) is 0 Å². The normalized spacial score (nSPS) is 17.5. The van der Waals surface area contributed by atoms with E-state index >= 15 is 0 Å². The minimum atomic E-state index is 0.704. The Morgan fingerprint density at radius 3 is 2.41 bits per heavy atom. The first-order valence-electron chi connectivity index (χ1n) is 6.13. The molecule has 94 valence electrons. The van der Waals surface area contributed by atoms with Crippen LogP contribution in [0.25, 0.3) is 0 Å². The summed E-state index contributed by atoms with van der Waals surface area (Å²) in [6.45, 7) is 2.13. The highest BCUT2D eigenvalue weighted by atomic mass is 15.3. The molecule has 1 aliphatic heterocycles. The summed E-state index contributed by atoms with van der Waals surface area (Å²) in [7, 11) is 6.16. The molecule has 1 saturated heterocycles. The summed E-state index contributed by atoms with van der Waals surface area (Å²) < 4.78 is 0. The van der Waals surface area contributed by atoms with Gasteiger partial charge in [-0.15, -0.1) is 10.2 Å². The zero-order valence-corrected chi connectivity index (χ0v) is 10.8. The lowest BCUT2D eigenvalue weighted by molar-refractivity contribution is 0.249. The molecule has 1 aromatic heterocycles. The Morgan fingerprint density at radius 1 is 1.24 bits per heavy atom. The fourth-order valence-electron chi connectivity index (χ4n) is 2.24. The van der Waals surface area contributed by atoms with Crippen LogP contribution in [-0.4, -0.2) is 55.4 Å². The lowest BCUT2D eigenvalue weighted by Crippen LogP contribution is -2.42. The second kappa shape index (κ2) is 5.31. The fourth-order valence-corrected chi connectivity index (χ4v) is 2.24. The predicted octanol–water partition coefficient (Wildman–Crippen LogP) is 1.05. The first kappa shape index (κ1) is 12.1. The molecule has 0 aromatic carbocycles. The quantitative estimate of drug-likeness (QED) is 0.848. The van der Waals surface area contributed by atoms with Gasteiger partial charge in [0.2, 0.25) is 0 Å². The van der Waals surface area contributed by atoms with Crippen molar-refractivity contribution in [1.82, 2.24) is 15.1 Å². The first-order chi connectivity index (χ1) is 8.20. The number of hydrogen-bond donors (Lipinski definition) is 1. The summed E-state index contributed by atoms with van der Waals surface area (Å²) in [5.41, 5.74) is 0. The number of nitrogens with zero attached hydrogens (tertiary/aromatic N) is 4. The molecular formula is C12H21N5. The van der Waals surface area contributed by atoms with Crippen LogP contribution in [0.1, 0.15) is 12.8 Å². The zero-order valence-electron chi connectivity index (χ0n) is 10.8. The Bertz CT molecular complexity index is 340. The Hall–Kier alpha value is -1.36. The van der Waals surface area contributed by atoms with Gasteiger partial charge in [-0.25, -0.2) is 0 Å². The second-order valence-corrected chi connectivity index (χ2v) is 4.71. The van der Waals surface area contributed by atoms with Gasteiger partial charge >= 0.3 is 0 Å². The van der Waals surface area contributed by atoms with E-state index in [4.69, 9.17) is 0 Å². The first-order valence-corrected chi connectivity index (χ1v) is 6.13. The molecule has 17 heavy (non-hydrogen) atoms. The topological polar surface area (TPSA) is 44.3 Å². The maximum atomic E-state index is 4.24. The molecule has 2 heterocycles. The summed E-state index contributed by atoms with van der Waals surface area (Å²) >= 11 is 0. The van der Waals surface area contributed by atoms with E-state index in [0.717, 1.165) is 24.7 Å². The van der Waals surface area contributed by atoms with Gasteiger partial charge in [0.05, 0.1) is 0 Å². The molecule has 0 unspecified atom stereocenters. The van der Waals surface area contributed by atoms with Crippen molar-refractivity contribution in [3.8, 4) is 0 Å². The van der Waals surface area contributed by atoms with Gasteiger partial charge in [-0.05, 0) is 39.1 Å². The van der Waals surface area contributed by atoms with E-state index in [1.165, 1.54) is 12.8 Å². The van der Waals surface area contributed by atoms with Crippen molar-refractivity contribution >= 4 is 11.6 Å². The van der Waals surface area contributed by atoms with Gasteiger partial charge in [0, 0.05) is 26.2 Å². The Morgan fingerprint density at radius 2 is 1.94 bits per heavy atom. The third-order valence-corrected chi connectivity index (χ3v) is 3.43. The SMILES string of the molecule is CNc1ccc(N2CCC(N(C)C)CC2)nn1. The number of piperidine rings is 1. The molecule has 0 amide bonds. The fraction of sp³-hybridized carbons (Fsp3) is 0.667. The molecule has 1 N–H and O–H groups in total. The smallest absolute Gasteiger partial charge is 0.151 e. The van der Waals surface area contributed by atoms with E-state index in [1.54, 1.807) is 0 Å². The molecule has 1 aromatic rings. The highest BCUT2D eigenvalue weighted by Gasteiger charge is 2.21. The Balaban J connectivity index is 1.95. The van der Waals surface area contributed by atoms with Crippen molar-refractivity contribution in [1.29, 1.82) is 0 Å². The van der Waals surface area contributed by atoms with E-state index in [9.17, 15) is 0 Å². The lowest BCUT2D eigenvalue weighted by atomic mass is 10.0. The number of rotatable bonds is 3. The molecule has 0 atom stereocenters. The van der Waals surface area contributed by atoms with Crippen LogP contribution in [0, 0.1) is 0 Å². The van der Waals surface area contributed by atoms with E-state index < -0.39 is 0 Å². The molecule has 0 radical (unpaired) electrons. The van der Waals surface area contributed by atoms with Gasteiger partial charge in [-0.2, -0.15) is 0 Å². The van der Waals surface area contributed by atoms with Crippen LogP contribution in [-0.2, 0) is 0 Å². The van der Waals surface area contributed by atoms with Crippen LogP contribution in [0.5, 0.6) is 0 Å². The van der Waals surface area contributed by atoms with Gasteiger partial charge in [0.25, 0.3) is 0 Å². The van der Waals surface area contributed by atoms with Crippen molar-refractivity contribution in [3.63, 3.8) is 0 Å². The van der Waals surface area contributed by atoms with Gasteiger partial charge in [0.15, 0.2) is 5.82 Å². The monoisotopic (exact) mass is 235 g/mol. The van der Waals surface area contributed by atoms with Gasteiger partial charge in [-0.3, -0.25) is 0 Å². The van der Waals surface area contributed by atoms with E-state index in [1.807, 2.05) is 19.2 Å².